The molecular formula is C16H18O3S. The molecule has 0 saturated carbocycles. The fraction of sp³-hybridized carbons (Fsp3) is 0.250. The number of sulfone groups is 1. The smallest absolute Gasteiger partial charge is 0.184 e. The predicted molar refractivity (Wildman–Crippen MR) is 79.1 cm³/mol. The Morgan fingerprint density at radius 3 is 1.95 bits per heavy atom. The monoisotopic (exact) mass is 290 g/mol. The van der Waals surface area contributed by atoms with E-state index >= 15 is 0 Å². The molecule has 0 aliphatic heterocycles. The van der Waals surface area contributed by atoms with Crippen LogP contribution in [0.15, 0.2) is 65.6 Å². The molecule has 3 nitrogen and oxygen atoms in total. The molecule has 0 fully saturated rings. The lowest BCUT2D eigenvalue weighted by molar-refractivity contribution is 0.169. The highest BCUT2D eigenvalue weighted by molar-refractivity contribution is 7.92. The number of rotatable bonds is 5. The molecule has 0 radical (unpaired) electrons. The van der Waals surface area contributed by atoms with Crippen LogP contribution in [0.2, 0.25) is 0 Å². The maximum atomic E-state index is 12.6. The van der Waals surface area contributed by atoms with Gasteiger partial charge in [0.1, 0.15) is 0 Å². The van der Waals surface area contributed by atoms with E-state index in [-0.39, 0.29) is 4.90 Å². The Balaban J connectivity index is 2.38. The molecule has 0 bridgehead atoms. The predicted octanol–water partition coefficient (Wildman–Crippen LogP) is 2.97. The topological polar surface area (TPSA) is 54.4 Å². The van der Waals surface area contributed by atoms with Crippen LogP contribution in [0.1, 0.15) is 25.0 Å². The fourth-order valence-electron chi connectivity index (χ4n) is 2.26. The summed E-state index contributed by atoms with van der Waals surface area (Å²) < 4.78 is 25.2. The van der Waals surface area contributed by atoms with Gasteiger partial charge in [0, 0.05) is 0 Å². The van der Waals surface area contributed by atoms with Crippen LogP contribution in [0.25, 0.3) is 0 Å². The van der Waals surface area contributed by atoms with Crippen molar-refractivity contribution in [2.24, 2.45) is 0 Å². The van der Waals surface area contributed by atoms with Crippen LogP contribution < -0.4 is 0 Å². The molecule has 0 aliphatic rings. The Kier molecular flexibility index (Phi) is 4.57. The average Bonchev–Trinajstić information content (AvgIpc) is 2.49. The molecule has 2 rings (SSSR count). The van der Waals surface area contributed by atoms with Crippen LogP contribution in [0.4, 0.5) is 0 Å². The Morgan fingerprint density at radius 1 is 0.950 bits per heavy atom. The van der Waals surface area contributed by atoms with E-state index in [9.17, 15) is 13.5 Å². The Bertz CT molecular complexity index is 636. The van der Waals surface area contributed by atoms with Crippen LogP contribution in [-0.2, 0) is 9.84 Å². The lowest BCUT2D eigenvalue weighted by Gasteiger charge is -2.22. The van der Waals surface area contributed by atoms with Crippen molar-refractivity contribution in [2.75, 3.05) is 0 Å². The lowest BCUT2D eigenvalue weighted by Crippen LogP contribution is -2.28. The Labute approximate surface area is 119 Å². The van der Waals surface area contributed by atoms with Gasteiger partial charge in [-0.25, -0.2) is 8.42 Å². The Hall–Kier alpha value is -1.65. The Morgan fingerprint density at radius 2 is 1.45 bits per heavy atom. The van der Waals surface area contributed by atoms with Crippen molar-refractivity contribution in [3.63, 3.8) is 0 Å². The van der Waals surface area contributed by atoms with E-state index in [4.69, 9.17) is 0 Å². The first-order valence-corrected chi connectivity index (χ1v) is 8.14. The van der Waals surface area contributed by atoms with Gasteiger partial charge in [-0.15, -0.1) is 0 Å². The maximum Gasteiger partial charge on any atom is 0.184 e. The molecule has 0 saturated heterocycles. The minimum atomic E-state index is -3.55. The van der Waals surface area contributed by atoms with Gasteiger partial charge in [-0.2, -0.15) is 0 Å². The summed E-state index contributed by atoms with van der Waals surface area (Å²) in [5, 5.41) is 9.56. The molecule has 20 heavy (non-hydrogen) atoms. The first kappa shape index (κ1) is 14.8. The quantitative estimate of drug-likeness (QED) is 0.921. The van der Waals surface area contributed by atoms with Crippen LogP contribution >= 0.6 is 0 Å². The molecule has 2 aromatic carbocycles. The van der Waals surface area contributed by atoms with Crippen LogP contribution in [0.5, 0.6) is 0 Å². The van der Waals surface area contributed by atoms with E-state index in [1.807, 2.05) is 6.07 Å². The van der Waals surface area contributed by atoms with Gasteiger partial charge in [-0.3, -0.25) is 0 Å². The number of benzene rings is 2. The van der Waals surface area contributed by atoms with Gasteiger partial charge in [0.2, 0.25) is 0 Å². The fourth-order valence-corrected chi connectivity index (χ4v) is 4.08. The highest BCUT2D eigenvalue weighted by Gasteiger charge is 2.32. The van der Waals surface area contributed by atoms with Crippen molar-refractivity contribution < 1.29 is 13.5 Å². The zero-order valence-electron chi connectivity index (χ0n) is 11.3. The molecule has 0 amide bonds. The second-order valence-corrected chi connectivity index (χ2v) is 6.83. The van der Waals surface area contributed by atoms with Gasteiger partial charge in [-0.05, 0) is 24.1 Å². The van der Waals surface area contributed by atoms with Crippen molar-refractivity contribution >= 4 is 9.84 Å². The van der Waals surface area contributed by atoms with Gasteiger partial charge in [0.15, 0.2) is 9.84 Å². The number of aliphatic hydroxyl groups excluding tert-OH is 1. The molecule has 0 heterocycles. The summed E-state index contributed by atoms with van der Waals surface area (Å²) in [6, 6.07) is 17.2. The molecule has 2 atom stereocenters. The molecule has 2 unspecified atom stereocenters. The molecule has 4 heteroatoms. The maximum absolute atomic E-state index is 12.6. The summed E-state index contributed by atoms with van der Waals surface area (Å²) in [6.07, 6.45) is -0.667. The third-order valence-electron chi connectivity index (χ3n) is 3.37. The third kappa shape index (κ3) is 2.92. The number of aliphatic hydroxyl groups is 1. The van der Waals surface area contributed by atoms with Gasteiger partial charge >= 0.3 is 0 Å². The van der Waals surface area contributed by atoms with Gasteiger partial charge in [-0.1, -0.05) is 55.5 Å². The molecule has 1 N–H and O–H groups in total. The highest BCUT2D eigenvalue weighted by atomic mass is 32.2. The van der Waals surface area contributed by atoms with Gasteiger partial charge in [0.25, 0.3) is 0 Å². The average molecular weight is 290 g/mol. The molecule has 106 valence electrons. The van der Waals surface area contributed by atoms with Crippen molar-refractivity contribution in [2.45, 2.75) is 29.6 Å². The molecular weight excluding hydrogens is 272 g/mol. The van der Waals surface area contributed by atoms with Crippen molar-refractivity contribution in [1.82, 2.24) is 0 Å². The zero-order chi connectivity index (χ0) is 14.6. The van der Waals surface area contributed by atoms with E-state index in [1.54, 1.807) is 61.5 Å². The standard InChI is InChI=1S/C16H18O3S/c1-2-15(16(17)13-9-5-3-6-10-13)20(18,19)14-11-7-4-8-12-14/h3-12,15-17H,2H2,1H3. The molecule has 0 aromatic heterocycles. The summed E-state index contributed by atoms with van der Waals surface area (Å²) in [5.74, 6) is 0. The van der Waals surface area contributed by atoms with Crippen LogP contribution in [-0.4, -0.2) is 18.8 Å². The molecule has 2 aromatic rings. The van der Waals surface area contributed by atoms with E-state index in [0.717, 1.165) is 0 Å². The van der Waals surface area contributed by atoms with Crippen molar-refractivity contribution in [1.29, 1.82) is 0 Å². The first-order valence-electron chi connectivity index (χ1n) is 6.59. The first-order chi connectivity index (χ1) is 9.57. The van der Waals surface area contributed by atoms with E-state index < -0.39 is 21.2 Å². The molecule has 0 spiro atoms. The summed E-state index contributed by atoms with van der Waals surface area (Å²) in [5.41, 5.74) is 0.624. The molecule has 0 aliphatic carbocycles. The van der Waals surface area contributed by atoms with Crippen LogP contribution in [0.3, 0.4) is 0 Å². The summed E-state index contributed by atoms with van der Waals surface area (Å²) in [6.45, 7) is 1.78. The lowest BCUT2D eigenvalue weighted by atomic mass is 10.1. The summed E-state index contributed by atoms with van der Waals surface area (Å²) in [4.78, 5) is 0.252. The number of hydrogen-bond acceptors (Lipinski definition) is 3. The minimum absolute atomic E-state index is 0.252. The summed E-state index contributed by atoms with van der Waals surface area (Å²) in [7, 11) is -3.55. The number of hydrogen-bond donors (Lipinski definition) is 1. The summed E-state index contributed by atoms with van der Waals surface area (Å²) >= 11 is 0. The second kappa shape index (κ2) is 6.20. The highest BCUT2D eigenvalue weighted by Crippen LogP contribution is 2.29. The van der Waals surface area contributed by atoms with Crippen LogP contribution in [0, 0.1) is 0 Å². The largest absolute Gasteiger partial charge is 0.387 e. The van der Waals surface area contributed by atoms with E-state index in [0.29, 0.717) is 12.0 Å². The van der Waals surface area contributed by atoms with Crippen molar-refractivity contribution in [3.8, 4) is 0 Å². The van der Waals surface area contributed by atoms with E-state index in [2.05, 4.69) is 0 Å². The van der Waals surface area contributed by atoms with Gasteiger partial charge < -0.3 is 5.11 Å². The SMILES string of the molecule is CCC(C(O)c1ccccc1)S(=O)(=O)c1ccccc1. The van der Waals surface area contributed by atoms with Crippen molar-refractivity contribution in [3.05, 3.63) is 66.2 Å². The normalized spacial score (nSPS) is 14.7. The zero-order valence-corrected chi connectivity index (χ0v) is 12.1. The minimum Gasteiger partial charge on any atom is -0.387 e. The van der Waals surface area contributed by atoms with E-state index in [1.165, 1.54) is 0 Å². The van der Waals surface area contributed by atoms with Gasteiger partial charge in [0.05, 0.1) is 16.2 Å². The third-order valence-corrected chi connectivity index (χ3v) is 5.68. The second-order valence-electron chi connectivity index (χ2n) is 4.66.